The topological polar surface area (TPSA) is 29.9 Å². The normalized spacial score (nSPS) is 28.0. The molecule has 1 aliphatic carbocycles. The lowest BCUT2D eigenvalue weighted by molar-refractivity contribution is 0.162. The van der Waals surface area contributed by atoms with Crippen molar-refractivity contribution in [3.63, 3.8) is 0 Å². The van der Waals surface area contributed by atoms with E-state index in [1.165, 1.54) is 25.0 Å². The van der Waals surface area contributed by atoms with Crippen LogP contribution < -0.4 is 5.32 Å². The SMILES string of the molecule is CCNC1CCC(C(C)C)CC1n1nc(C)cc1C. The minimum Gasteiger partial charge on any atom is -0.312 e. The average molecular weight is 263 g/mol. The van der Waals surface area contributed by atoms with Crippen LogP contribution in [-0.4, -0.2) is 22.4 Å². The van der Waals surface area contributed by atoms with E-state index in [2.05, 4.69) is 50.7 Å². The summed E-state index contributed by atoms with van der Waals surface area (Å²) in [6.07, 6.45) is 3.89. The number of rotatable bonds is 4. The summed E-state index contributed by atoms with van der Waals surface area (Å²) in [7, 11) is 0. The van der Waals surface area contributed by atoms with Crippen LogP contribution in [0.2, 0.25) is 0 Å². The van der Waals surface area contributed by atoms with Crippen molar-refractivity contribution < 1.29 is 0 Å². The van der Waals surface area contributed by atoms with E-state index >= 15 is 0 Å². The zero-order valence-corrected chi connectivity index (χ0v) is 13.1. The smallest absolute Gasteiger partial charge is 0.0678 e. The summed E-state index contributed by atoms with van der Waals surface area (Å²) in [6.45, 7) is 12.2. The van der Waals surface area contributed by atoms with E-state index in [0.717, 1.165) is 24.1 Å². The molecule has 0 radical (unpaired) electrons. The van der Waals surface area contributed by atoms with Crippen molar-refractivity contribution in [2.24, 2.45) is 11.8 Å². The summed E-state index contributed by atoms with van der Waals surface area (Å²) >= 11 is 0. The fourth-order valence-corrected chi connectivity index (χ4v) is 3.54. The Morgan fingerprint density at radius 2 is 2.11 bits per heavy atom. The molecule has 0 saturated heterocycles. The highest BCUT2D eigenvalue weighted by molar-refractivity contribution is 5.09. The molecular formula is C16H29N3. The minimum absolute atomic E-state index is 0.523. The molecule has 108 valence electrons. The van der Waals surface area contributed by atoms with Gasteiger partial charge in [-0.2, -0.15) is 5.10 Å². The minimum atomic E-state index is 0.523. The molecule has 1 N–H and O–H groups in total. The van der Waals surface area contributed by atoms with Crippen molar-refractivity contribution in [3.8, 4) is 0 Å². The van der Waals surface area contributed by atoms with Crippen LogP contribution in [0.25, 0.3) is 0 Å². The lowest BCUT2D eigenvalue weighted by atomic mass is 9.77. The molecule has 0 aliphatic heterocycles. The van der Waals surface area contributed by atoms with Crippen LogP contribution in [-0.2, 0) is 0 Å². The van der Waals surface area contributed by atoms with Crippen molar-refractivity contribution in [2.75, 3.05) is 6.54 Å². The largest absolute Gasteiger partial charge is 0.312 e. The molecule has 0 spiro atoms. The van der Waals surface area contributed by atoms with Gasteiger partial charge in [0.2, 0.25) is 0 Å². The zero-order chi connectivity index (χ0) is 14.0. The molecule has 3 heteroatoms. The monoisotopic (exact) mass is 263 g/mol. The summed E-state index contributed by atoms with van der Waals surface area (Å²) in [4.78, 5) is 0. The van der Waals surface area contributed by atoms with Gasteiger partial charge in [-0.05, 0) is 57.6 Å². The van der Waals surface area contributed by atoms with E-state index in [-0.39, 0.29) is 0 Å². The van der Waals surface area contributed by atoms with Crippen molar-refractivity contribution in [1.82, 2.24) is 15.1 Å². The molecule has 3 nitrogen and oxygen atoms in total. The zero-order valence-electron chi connectivity index (χ0n) is 13.1. The predicted molar refractivity (Wildman–Crippen MR) is 80.4 cm³/mol. The van der Waals surface area contributed by atoms with Gasteiger partial charge in [0.1, 0.15) is 0 Å². The summed E-state index contributed by atoms with van der Waals surface area (Å²) in [5.41, 5.74) is 2.44. The first-order valence-corrected chi connectivity index (χ1v) is 7.79. The predicted octanol–water partition coefficient (Wildman–Crippen LogP) is 3.48. The second kappa shape index (κ2) is 6.08. The van der Waals surface area contributed by atoms with Gasteiger partial charge in [0.25, 0.3) is 0 Å². The van der Waals surface area contributed by atoms with E-state index in [0.29, 0.717) is 12.1 Å². The van der Waals surface area contributed by atoms with Crippen LogP contribution in [0.1, 0.15) is 57.5 Å². The van der Waals surface area contributed by atoms with Gasteiger partial charge in [-0.3, -0.25) is 4.68 Å². The van der Waals surface area contributed by atoms with Crippen LogP contribution in [0.3, 0.4) is 0 Å². The highest BCUT2D eigenvalue weighted by atomic mass is 15.3. The molecule has 1 heterocycles. The maximum Gasteiger partial charge on any atom is 0.0678 e. The third-order valence-corrected chi connectivity index (χ3v) is 4.63. The number of nitrogens with zero attached hydrogens (tertiary/aromatic N) is 2. The van der Waals surface area contributed by atoms with Gasteiger partial charge >= 0.3 is 0 Å². The summed E-state index contributed by atoms with van der Waals surface area (Å²) in [5, 5.41) is 8.40. The molecule has 1 saturated carbocycles. The number of likely N-dealkylation sites (N-methyl/N-ethyl adjacent to an activating group) is 1. The third-order valence-electron chi connectivity index (χ3n) is 4.63. The molecule has 19 heavy (non-hydrogen) atoms. The van der Waals surface area contributed by atoms with Gasteiger partial charge in [-0.25, -0.2) is 0 Å². The Balaban J connectivity index is 2.22. The summed E-state index contributed by atoms with van der Waals surface area (Å²) < 4.78 is 2.28. The number of aromatic nitrogens is 2. The number of hydrogen-bond acceptors (Lipinski definition) is 2. The lowest BCUT2D eigenvalue weighted by Crippen LogP contribution is -2.43. The van der Waals surface area contributed by atoms with Gasteiger partial charge in [-0.1, -0.05) is 20.8 Å². The molecule has 3 unspecified atom stereocenters. The van der Waals surface area contributed by atoms with Crippen molar-refractivity contribution in [1.29, 1.82) is 0 Å². The third kappa shape index (κ3) is 3.19. The highest BCUT2D eigenvalue weighted by Gasteiger charge is 2.33. The Hall–Kier alpha value is -0.830. The van der Waals surface area contributed by atoms with E-state index in [1.807, 2.05) is 0 Å². The quantitative estimate of drug-likeness (QED) is 0.901. The van der Waals surface area contributed by atoms with Crippen LogP contribution in [0.15, 0.2) is 6.07 Å². The Morgan fingerprint density at radius 3 is 2.63 bits per heavy atom. The second-order valence-corrected chi connectivity index (χ2v) is 6.42. The van der Waals surface area contributed by atoms with E-state index in [9.17, 15) is 0 Å². The van der Waals surface area contributed by atoms with Crippen LogP contribution in [0.4, 0.5) is 0 Å². The molecule has 1 fully saturated rings. The average Bonchev–Trinajstić information content (AvgIpc) is 2.69. The molecule has 0 amide bonds. The first-order valence-electron chi connectivity index (χ1n) is 7.79. The Bertz CT molecular complexity index is 408. The number of hydrogen-bond donors (Lipinski definition) is 1. The Labute approximate surface area is 117 Å². The second-order valence-electron chi connectivity index (χ2n) is 6.42. The van der Waals surface area contributed by atoms with Gasteiger partial charge in [0.15, 0.2) is 0 Å². The van der Waals surface area contributed by atoms with Crippen molar-refractivity contribution in [2.45, 2.75) is 66.0 Å². The van der Waals surface area contributed by atoms with E-state index < -0.39 is 0 Å². The molecule has 1 aromatic heterocycles. The van der Waals surface area contributed by atoms with Gasteiger partial charge in [0.05, 0.1) is 11.7 Å². The molecule has 2 rings (SSSR count). The first-order chi connectivity index (χ1) is 9.02. The van der Waals surface area contributed by atoms with Crippen molar-refractivity contribution in [3.05, 3.63) is 17.5 Å². The fourth-order valence-electron chi connectivity index (χ4n) is 3.54. The molecule has 0 aromatic carbocycles. The number of aryl methyl sites for hydroxylation is 2. The summed E-state index contributed by atoms with van der Waals surface area (Å²) in [6, 6.07) is 3.30. The van der Waals surface area contributed by atoms with E-state index in [1.54, 1.807) is 0 Å². The van der Waals surface area contributed by atoms with Gasteiger partial charge in [-0.15, -0.1) is 0 Å². The highest BCUT2D eigenvalue weighted by Crippen LogP contribution is 2.37. The van der Waals surface area contributed by atoms with Crippen LogP contribution >= 0.6 is 0 Å². The van der Waals surface area contributed by atoms with Crippen LogP contribution in [0, 0.1) is 25.7 Å². The van der Waals surface area contributed by atoms with Gasteiger partial charge in [0, 0.05) is 11.7 Å². The molecule has 3 atom stereocenters. The Morgan fingerprint density at radius 1 is 1.37 bits per heavy atom. The fraction of sp³-hybridized carbons (Fsp3) is 0.812. The molecule has 1 aromatic rings. The molecule has 1 aliphatic rings. The first kappa shape index (κ1) is 14.6. The molecule has 0 bridgehead atoms. The van der Waals surface area contributed by atoms with Gasteiger partial charge < -0.3 is 5.32 Å². The maximum absolute atomic E-state index is 4.74. The van der Waals surface area contributed by atoms with Crippen molar-refractivity contribution >= 4 is 0 Å². The number of nitrogens with one attached hydrogen (secondary N) is 1. The lowest BCUT2D eigenvalue weighted by Gasteiger charge is -2.38. The van der Waals surface area contributed by atoms with E-state index in [4.69, 9.17) is 5.10 Å². The Kier molecular flexibility index (Phi) is 4.67. The molecular weight excluding hydrogens is 234 g/mol. The summed E-state index contributed by atoms with van der Waals surface area (Å²) in [5.74, 6) is 1.62. The standard InChI is InChI=1S/C16H29N3/c1-6-17-15-8-7-14(11(2)3)10-16(15)19-13(5)9-12(4)18-19/h9,11,14-17H,6-8,10H2,1-5H3. The maximum atomic E-state index is 4.74. The van der Waals surface area contributed by atoms with Crippen LogP contribution in [0.5, 0.6) is 0 Å².